The van der Waals surface area contributed by atoms with Gasteiger partial charge in [-0.15, -0.1) is 11.3 Å². The van der Waals surface area contributed by atoms with Gasteiger partial charge in [0.1, 0.15) is 0 Å². The maximum absolute atomic E-state index is 13.2. The number of rotatable bonds is 6. The van der Waals surface area contributed by atoms with Crippen molar-refractivity contribution in [1.82, 2.24) is 4.90 Å². The second-order valence-corrected chi connectivity index (χ2v) is 7.93. The lowest BCUT2D eigenvalue weighted by molar-refractivity contribution is -0.130. The maximum Gasteiger partial charge on any atom is 0.290 e. The monoisotopic (exact) mass is 403 g/mol. The summed E-state index contributed by atoms with van der Waals surface area (Å²) in [6.45, 7) is 2.39. The van der Waals surface area contributed by atoms with Crippen LogP contribution in [0.4, 0.5) is 0 Å². The molecule has 0 fully saturated rings. The van der Waals surface area contributed by atoms with Gasteiger partial charge in [-0.05, 0) is 34.6 Å². The Morgan fingerprint density at radius 2 is 1.72 bits per heavy atom. The predicted molar refractivity (Wildman–Crippen MR) is 114 cm³/mol. The fourth-order valence-corrected chi connectivity index (χ4v) is 4.33. The van der Waals surface area contributed by atoms with Crippen LogP contribution in [0, 0.1) is 0 Å². The van der Waals surface area contributed by atoms with E-state index < -0.39 is 17.7 Å². The third-order valence-corrected chi connectivity index (χ3v) is 6.06. The standard InChI is InChI=1S/C24H21NO3S/c1-2-16-10-12-18(13-11-16)21-20(22(26)19-9-6-14-29-19)23(27)24(28)25(21)15-17-7-4-3-5-8-17/h3-14,21,27H,2,15H2,1H3. The first kappa shape index (κ1) is 19.2. The van der Waals surface area contributed by atoms with E-state index in [2.05, 4.69) is 6.92 Å². The number of carbonyl (C=O) groups excluding carboxylic acids is 2. The van der Waals surface area contributed by atoms with E-state index in [1.165, 1.54) is 16.9 Å². The summed E-state index contributed by atoms with van der Waals surface area (Å²) in [4.78, 5) is 28.2. The van der Waals surface area contributed by atoms with E-state index in [4.69, 9.17) is 0 Å². The van der Waals surface area contributed by atoms with E-state index >= 15 is 0 Å². The summed E-state index contributed by atoms with van der Waals surface area (Å²) < 4.78 is 0. The Bertz CT molecular complexity index is 1050. The Morgan fingerprint density at radius 1 is 1.00 bits per heavy atom. The fraction of sp³-hybridized carbons (Fsp3) is 0.167. The van der Waals surface area contributed by atoms with E-state index in [0.29, 0.717) is 11.4 Å². The van der Waals surface area contributed by atoms with Crippen LogP contribution < -0.4 is 0 Å². The van der Waals surface area contributed by atoms with Crippen LogP contribution in [-0.4, -0.2) is 21.7 Å². The van der Waals surface area contributed by atoms with Crippen molar-refractivity contribution >= 4 is 23.0 Å². The first-order valence-electron chi connectivity index (χ1n) is 9.55. The molecule has 0 radical (unpaired) electrons. The van der Waals surface area contributed by atoms with Crippen LogP contribution in [0.2, 0.25) is 0 Å². The molecule has 29 heavy (non-hydrogen) atoms. The summed E-state index contributed by atoms with van der Waals surface area (Å²) in [5, 5.41) is 12.5. The third kappa shape index (κ3) is 3.61. The van der Waals surface area contributed by atoms with Crippen molar-refractivity contribution < 1.29 is 14.7 Å². The summed E-state index contributed by atoms with van der Waals surface area (Å²) in [5.41, 5.74) is 3.08. The molecule has 3 aromatic rings. The minimum atomic E-state index is -0.622. The molecule has 146 valence electrons. The van der Waals surface area contributed by atoms with Gasteiger partial charge in [0.05, 0.1) is 16.5 Å². The number of nitrogens with zero attached hydrogens (tertiary/aromatic N) is 1. The van der Waals surface area contributed by atoms with E-state index in [1.807, 2.05) is 60.0 Å². The van der Waals surface area contributed by atoms with Gasteiger partial charge in [0, 0.05) is 6.54 Å². The predicted octanol–water partition coefficient (Wildman–Crippen LogP) is 5.09. The molecule has 1 aliphatic heterocycles. The highest BCUT2D eigenvalue weighted by Gasteiger charge is 2.43. The van der Waals surface area contributed by atoms with Crippen LogP contribution in [0.5, 0.6) is 0 Å². The van der Waals surface area contributed by atoms with E-state index in [9.17, 15) is 14.7 Å². The first-order chi connectivity index (χ1) is 14.1. The summed E-state index contributed by atoms with van der Waals surface area (Å²) in [6, 6.07) is 20.4. The van der Waals surface area contributed by atoms with E-state index in [1.54, 1.807) is 17.0 Å². The molecule has 1 aromatic heterocycles. The molecule has 0 saturated heterocycles. The second-order valence-electron chi connectivity index (χ2n) is 6.99. The van der Waals surface area contributed by atoms with Gasteiger partial charge >= 0.3 is 0 Å². The van der Waals surface area contributed by atoms with Crippen molar-refractivity contribution in [2.24, 2.45) is 0 Å². The highest BCUT2D eigenvalue weighted by Crippen LogP contribution is 2.40. The Balaban J connectivity index is 1.79. The molecule has 1 N–H and O–H groups in total. The summed E-state index contributed by atoms with van der Waals surface area (Å²) in [7, 11) is 0. The Kier molecular flexibility index (Phi) is 5.32. The van der Waals surface area contributed by atoms with Crippen molar-refractivity contribution in [2.45, 2.75) is 25.9 Å². The topological polar surface area (TPSA) is 57.6 Å². The van der Waals surface area contributed by atoms with Crippen molar-refractivity contribution in [2.75, 3.05) is 0 Å². The van der Waals surface area contributed by atoms with Gasteiger partial charge in [-0.1, -0.05) is 67.6 Å². The highest BCUT2D eigenvalue weighted by atomic mass is 32.1. The van der Waals surface area contributed by atoms with Crippen molar-refractivity contribution in [3.05, 3.63) is 105 Å². The number of hydrogen-bond donors (Lipinski definition) is 1. The number of benzene rings is 2. The minimum absolute atomic E-state index is 0.151. The lowest BCUT2D eigenvalue weighted by Gasteiger charge is -2.27. The first-order valence-corrected chi connectivity index (χ1v) is 10.4. The number of thiophene rings is 1. The van der Waals surface area contributed by atoms with Gasteiger partial charge in [-0.3, -0.25) is 9.59 Å². The third-order valence-electron chi connectivity index (χ3n) is 5.19. The van der Waals surface area contributed by atoms with Gasteiger partial charge in [-0.2, -0.15) is 0 Å². The second kappa shape index (κ2) is 8.05. The number of hydrogen-bond acceptors (Lipinski definition) is 4. The normalized spacial score (nSPS) is 16.5. The number of amides is 1. The molecule has 5 heteroatoms. The van der Waals surface area contributed by atoms with Crippen LogP contribution in [-0.2, 0) is 17.8 Å². The molecule has 4 nitrogen and oxygen atoms in total. The molecule has 0 saturated carbocycles. The quantitative estimate of drug-likeness (QED) is 0.583. The molecule has 1 atom stereocenters. The Hall–Kier alpha value is -3.18. The van der Waals surface area contributed by atoms with Gasteiger partial charge in [0.2, 0.25) is 5.78 Å². The molecule has 4 rings (SSSR count). The maximum atomic E-state index is 13.2. The van der Waals surface area contributed by atoms with Crippen LogP contribution in [0.25, 0.3) is 0 Å². The molecule has 1 unspecified atom stereocenters. The SMILES string of the molecule is CCc1ccc(C2C(C(=O)c3cccs3)=C(O)C(=O)N2Cc2ccccc2)cc1. The number of aliphatic hydroxyl groups is 1. The minimum Gasteiger partial charge on any atom is -0.503 e. The zero-order valence-corrected chi connectivity index (χ0v) is 16.9. The molecule has 0 bridgehead atoms. The smallest absolute Gasteiger partial charge is 0.290 e. The Morgan fingerprint density at radius 3 is 2.34 bits per heavy atom. The van der Waals surface area contributed by atoms with E-state index in [-0.39, 0.29) is 11.4 Å². The van der Waals surface area contributed by atoms with Gasteiger partial charge in [-0.25, -0.2) is 0 Å². The molecule has 0 aliphatic carbocycles. The number of aliphatic hydroxyl groups excluding tert-OH is 1. The average Bonchev–Trinajstić information content (AvgIpc) is 3.38. The van der Waals surface area contributed by atoms with Crippen LogP contribution in [0.15, 0.2) is 83.4 Å². The Labute approximate surface area is 173 Å². The molecule has 1 aliphatic rings. The van der Waals surface area contributed by atoms with Gasteiger partial charge in [0.25, 0.3) is 5.91 Å². The summed E-state index contributed by atoms with van der Waals surface area (Å²) in [6.07, 6.45) is 0.902. The number of Topliss-reactive ketones (excluding diaryl/α,β-unsaturated/α-hetero) is 1. The van der Waals surface area contributed by atoms with Crippen LogP contribution in [0.1, 0.15) is 39.3 Å². The fourth-order valence-electron chi connectivity index (χ4n) is 3.65. The van der Waals surface area contributed by atoms with Crippen LogP contribution >= 0.6 is 11.3 Å². The largest absolute Gasteiger partial charge is 0.503 e. The van der Waals surface area contributed by atoms with Crippen molar-refractivity contribution in [3.63, 3.8) is 0 Å². The lowest BCUT2D eigenvalue weighted by atomic mass is 9.94. The molecule has 1 amide bonds. The molecular formula is C24H21NO3S. The lowest BCUT2D eigenvalue weighted by Crippen LogP contribution is -2.30. The zero-order valence-electron chi connectivity index (χ0n) is 16.0. The van der Waals surface area contributed by atoms with Gasteiger partial charge < -0.3 is 10.0 Å². The number of carbonyl (C=O) groups is 2. The molecule has 2 heterocycles. The number of aryl methyl sites for hydroxylation is 1. The molecule has 2 aromatic carbocycles. The van der Waals surface area contributed by atoms with Crippen molar-refractivity contribution in [3.8, 4) is 0 Å². The number of ketones is 1. The van der Waals surface area contributed by atoms with E-state index in [0.717, 1.165) is 17.5 Å². The molecular weight excluding hydrogens is 382 g/mol. The molecule has 0 spiro atoms. The zero-order chi connectivity index (χ0) is 20.4. The van der Waals surface area contributed by atoms with Crippen LogP contribution in [0.3, 0.4) is 0 Å². The van der Waals surface area contributed by atoms with Gasteiger partial charge in [0.15, 0.2) is 5.76 Å². The summed E-state index contributed by atoms with van der Waals surface area (Å²) in [5.74, 6) is -1.27. The highest BCUT2D eigenvalue weighted by molar-refractivity contribution is 7.12. The van der Waals surface area contributed by atoms with Crippen molar-refractivity contribution in [1.29, 1.82) is 0 Å². The average molecular weight is 404 g/mol. The summed E-state index contributed by atoms with van der Waals surface area (Å²) >= 11 is 1.31.